The summed E-state index contributed by atoms with van der Waals surface area (Å²) in [4.78, 5) is 11.0. The number of carbonyl (C=O) groups is 1. The molecule has 4 nitrogen and oxygen atoms in total. The summed E-state index contributed by atoms with van der Waals surface area (Å²) in [6, 6.07) is 0.349. The van der Waals surface area contributed by atoms with Gasteiger partial charge in [-0.2, -0.15) is 0 Å². The van der Waals surface area contributed by atoms with Crippen molar-refractivity contribution in [1.82, 2.24) is 10.6 Å². The first-order valence-corrected chi connectivity index (χ1v) is 5.37. The number of esters is 1. The molecule has 2 saturated heterocycles. The second-order valence-corrected chi connectivity index (χ2v) is 4.26. The van der Waals surface area contributed by atoms with E-state index in [2.05, 4.69) is 10.6 Å². The van der Waals surface area contributed by atoms with Crippen molar-refractivity contribution in [2.75, 3.05) is 19.6 Å². The third kappa shape index (κ3) is 1.77. The van der Waals surface area contributed by atoms with Gasteiger partial charge >= 0.3 is 5.97 Å². The SMILES string of the molecule is CC(=O)OC1(C2CCCCN2)CNC1. The molecule has 0 radical (unpaired) electrons. The largest absolute Gasteiger partial charge is 0.455 e. The van der Waals surface area contributed by atoms with Crippen LogP contribution in [0, 0.1) is 0 Å². The van der Waals surface area contributed by atoms with Crippen molar-refractivity contribution >= 4 is 5.97 Å². The molecule has 0 bridgehead atoms. The van der Waals surface area contributed by atoms with Crippen LogP contribution in [-0.2, 0) is 9.53 Å². The van der Waals surface area contributed by atoms with Gasteiger partial charge in [0.15, 0.2) is 5.60 Å². The Morgan fingerprint density at radius 3 is 2.64 bits per heavy atom. The fraction of sp³-hybridized carbons (Fsp3) is 0.900. The third-order valence-corrected chi connectivity index (χ3v) is 3.14. The van der Waals surface area contributed by atoms with Crippen LogP contribution in [0.25, 0.3) is 0 Å². The zero-order valence-electron chi connectivity index (χ0n) is 8.64. The van der Waals surface area contributed by atoms with Crippen LogP contribution in [-0.4, -0.2) is 37.2 Å². The van der Waals surface area contributed by atoms with E-state index in [9.17, 15) is 4.79 Å². The molecule has 2 aliphatic heterocycles. The minimum Gasteiger partial charge on any atom is -0.455 e. The molecule has 2 rings (SSSR count). The van der Waals surface area contributed by atoms with E-state index in [1.807, 2.05) is 0 Å². The maximum Gasteiger partial charge on any atom is 0.303 e. The van der Waals surface area contributed by atoms with Gasteiger partial charge in [0.1, 0.15) is 0 Å². The van der Waals surface area contributed by atoms with Crippen molar-refractivity contribution in [3.8, 4) is 0 Å². The summed E-state index contributed by atoms with van der Waals surface area (Å²) < 4.78 is 5.45. The average Bonchev–Trinajstić information content (AvgIpc) is 2.12. The van der Waals surface area contributed by atoms with E-state index in [0.717, 1.165) is 26.1 Å². The molecule has 2 heterocycles. The maximum atomic E-state index is 11.0. The smallest absolute Gasteiger partial charge is 0.303 e. The minimum absolute atomic E-state index is 0.168. The lowest BCUT2D eigenvalue weighted by Gasteiger charge is -2.48. The summed E-state index contributed by atoms with van der Waals surface area (Å²) in [7, 11) is 0. The van der Waals surface area contributed by atoms with Gasteiger partial charge in [0.05, 0.1) is 0 Å². The molecule has 0 aromatic rings. The monoisotopic (exact) mass is 198 g/mol. The van der Waals surface area contributed by atoms with Gasteiger partial charge in [-0.1, -0.05) is 6.42 Å². The van der Waals surface area contributed by atoms with Gasteiger partial charge in [-0.05, 0) is 19.4 Å². The van der Waals surface area contributed by atoms with Crippen LogP contribution in [0.3, 0.4) is 0 Å². The molecule has 2 N–H and O–H groups in total. The number of nitrogens with one attached hydrogen (secondary N) is 2. The Morgan fingerprint density at radius 1 is 1.43 bits per heavy atom. The maximum absolute atomic E-state index is 11.0. The summed E-state index contributed by atoms with van der Waals surface area (Å²) >= 11 is 0. The Balaban J connectivity index is 1.99. The van der Waals surface area contributed by atoms with Gasteiger partial charge < -0.3 is 15.4 Å². The first-order valence-electron chi connectivity index (χ1n) is 5.37. The van der Waals surface area contributed by atoms with Crippen LogP contribution in [0.1, 0.15) is 26.2 Å². The molecule has 0 amide bonds. The Labute approximate surface area is 84.4 Å². The Hall–Kier alpha value is -0.610. The van der Waals surface area contributed by atoms with Crippen LogP contribution < -0.4 is 10.6 Å². The summed E-state index contributed by atoms with van der Waals surface area (Å²) in [5.41, 5.74) is -0.258. The molecular formula is C10H18N2O2. The lowest BCUT2D eigenvalue weighted by atomic mass is 9.83. The highest BCUT2D eigenvalue weighted by Crippen LogP contribution is 2.27. The molecule has 0 aliphatic carbocycles. The highest BCUT2D eigenvalue weighted by atomic mass is 16.6. The normalized spacial score (nSPS) is 30.5. The number of rotatable bonds is 2. The average molecular weight is 198 g/mol. The van der Waals surface area contributed by atoms with Crippen molar-refractivity contribution in [1.29, 1.82) is 0 Å². The number of carbonyl (C=O) groups excluding carboxylic acids is 1. The molecule has 0 aromatic carbocycles. The number of ether oxygens (including phenoxy) is 1. The van der Waals surface area contributed by atoms with Gasteiger partial charge in [0.2, 0.25) is 0 Å². The van der Waals surface area contributed by atoms with Crippen molar-refractivity contribution in [3.63, 3.8) is 0 Å². The molecule has 0 saturated carbocycles. The van der Waals surface area contributed by atoms with Crippen molar-refractivity contribution in [2.24, 2.45) is 0 Å². The summed E-state index contributed by atoms with van der Waals surface area (Å²) in [5.74, 6) is -0.168. The summed E-state index contributed by atoms with van der Waals surface area (Å²) in [6.45, 7) is 4.13. The molecule has 4 heteroatoms. The first kappa shape index (κ1) is 9.93. The van der Waals surface area contributed by atoms with E-state index in [4.69, 9.17) is 4.74 Å². The predicted molar refractivity (Wildman–Crippen MR) is 53.0 cm³/mol. The zero-order valence-corrected chi connectivity index (χ0v) is 8.64. The Morgan fingerprint density at radius 2 is 2.21 bits per heavy atom. The van der Waals surface area contributed by atoms with E-state index < -0.39 is 0 Å². The molecule has 1 atom stereocenters. The van der Waals surface area contributed by atoms with Crippen LogP contribution >= 0.6 is 0 Å². The lowest BCUT2D eigenvalue weighted by Crippen LogP contribution is -2.71. The quantitative estimate of drug-likeness (QED) is 0.615. The van der Waals surface area contributed by atoms with Gasteiger partial charge in [0, 0.05) is 26.1 Å². The van der Waals surface area contributed by atoms with E-state index in [1.165, 1.54) is 19.8 Å². The fourth-order valence-electron chi connectivity index (χ4n) is 2.35. The van der Waals surface area contributed by atoms with Crippen LogP contribution in [0.2, 0.25) is 0 Å². The van der Waals surface area contributed by atoms with Gasteiger partial charge in [-0.15, -0.1) is 0 Å². The van der Waals surface area contributed by atoms with E-state index in [-0.39, 0.29) is 11.6 Å². The molecule has 0 aromatic heterocycles. The third-order valence-electron chi connectivity index (χ3n) is 3.14. The van der Waals surface area contributed by atoms with Crippen molar-refractivity contribution in [3.05, 3.63) is 0 Å². The van der Waals surface area contributed by atoms with Crippen molar-refractivity contribution < 1.29 is 9.53 Å². The lowest BCUT2D eigenvalue weighted by molar-refractivity contribution is -0.168. The van der Waals surface area contributed by atoms with Gasteiger partial charge in [0.25, 0.3) is 0 Å². The predicted octanol–water partition coefficient (Wildman–Crippen LogP) is 0.0336. The topological polar surface area (TPSA) is 50.4 Å². The molecule has 2 fully saturated rings. The second-order valence-electron chi connectivity index (χ2n) is 4.26. The van der Waals surface area contributed by atoms with Crippen LogP contribution in [0.5, 0.6) is 0 Å². The standard InChI is InChI=1S/C10H18N2O2/c1-8(13)14-10(6-11-7-10)9-4-2-3-5-12-9/h9,11-12H,2-7H2,1H3. The number of hydrogen-bond donors (Lipinski definition) is 2. The number of hydrogen-bond acceptors (Lipinski definition) is 4. The second kappa shape index (κ2) is 3.87. The molecule has 80 valence electrons. The van der Waals surface area contributed by atoms with E-state index in [1.54, 1.807) is 0 Å². The zero-order chi connectivity index (χ0) is 10.0. The molecule has 14 heavy (non-hydrogen) atoms. The molecule has 0 spiro atoms. The highest BCUT2D eigenvalue weighted by Gasteiger charge is 2.47. The summed E-state index contributed by atoms with van der Waals surface area (Å²) in [5, 5.41) is 6.64. The van der Waals surface area contributed by atoms with Gasteiger partial charge in [-0.25, -0.2) is 0 Å². The molecule has 2 aliphatic rings. The van der Waals surface area contributed by atoms with Crippen LogP contribution in [0.4, 0.5) is 0 Å². The van der Waals surface area contributed by atoms with Crippen molar-refractivity contribution in [2.45, 2.75) is 37.8 Å². The molecule has 1 unspecified atom stereocenters. The Bertz CT molecular complexity index is 220. The highest BCUT2D eigenvalue weighted by molar-refractivity contribution is 5.67. The fourth-order valence-corrected chi connectivity index (χ4v) is 2.35. The van der Waals surface area contributed by atoms with E-state index >= 15 is 0 Å². The van der Waals surface area contributed by atoms with Crippen LogP contribution in [0.15, 0.2) is 0 Å². The Kier molecular flexibility index (Phi) is 2.74. The first-order chi connectivity index (χ1) is 6.73. The van der Waals surface area contributed by atoms with E-state index in [0.29, 0.717) is 6.04 Å². The minimum atomic E-state index is -0.258. The number of piperidine rings is 1. The van der Waals surface area contributed by atoms with Gasteiger partial charge in [-0.3, -0.25) is 4.79 Å². The molecular weight excluding hydrogens is 180 g/mol. The summed E-state index contributed by atoms with van der Waals surface area (Å²) in [6.07, 6.45) is 3.59.